The van der Waals surface area contributed by atoms with Crippen LogP contribution in [0.2, 0.25) is 5.02 Å². The number of hydrogen-bond acceptors (Lipinski definition) is 7. The van der Waals surface area contributed by atoms with E-state index in [-0.39, 0.29) is 29.6 Å². The normalized spacial score (nSPS) is 11.0. The van der Waals surface area contributed by atoms with E-state index in [1.165, 1.54) is 49.7 Å². The van der Waals surface area contributed by atoms with Crippen LogP contribution < -0.4 is 25.0 Å². The van der Waals surface area contributed by atoms with Gasteiger partial charge in [-0.3, -0.25) is 9.59 Å². The Balaban J connectivity index is 1.17. The molecule has 3 aromatic carbocycles. The number of furan rings is 1. The van der Waals surface area contributed by atoms with E-state index in [0.717, 1.165) is 17.1 Å². The monoisotopic (exact) mass is 644 g/mol. The molecular formula is C34H30ClFN4O6. The fourth-order valence-electron chi connectivity index (χ4n) is 4.61. The third kappa shape index (κ3) is 7.93. The highest BCUT2D eigenvalue weighted by Crippen LogP contribution is 2.34. The smallest absolute Gasteiger partial charge is 0.307 e. The van der Waals surface area contributed by atoms with Gasteiger partial charge in [0, 0.05) is 39.4 Å². The van der Waals surface area contributed by atoms with Crippen LogP contribution >= 0.6 is 11.6 Å². The van der Waals surface area contributed by atoms with Gasteiger partial charge in [-0.2, -0.15) is 5.10 Å². The summed E-state index contributed by atoms with van der Waals surface area (Å²) in [5.74, 6) is -0.105. The first kappa shape index (κ1) is 31.9. The fourth-order valence-corrected chi connectivity index (χ4v) is 4.82. The molecular weight excluding hydrogens is 615 g/mol. The first-order valence-corrected chi connectivity index (χ1v) is 14.4. The largest absolute Gasteiger partial charge is 0.493 e. The van der Waals surface area contributed by atoms with E-state index in [1.807, 2.05) is 24.3 Å². The van der Waals surface area contributed by atoms with Gasteiger partial charge in [-0.05, 0) is 86.6 Å². The van der Waals surface area contributed by atoms with E-state index in [2.05, 4.69) is 46.4 Å². The molecule has 236 valence electrons. The van der Waals surface area contributed by atoms with E-state index in [9.17, 15) is 14.0 Å². The topological polar surface area (TPSA) is 116 Å². The number of nitrogens with zero attached hydrogens (tertiary/aromatic N) is 2. The molecule has 2 N–H and O–H groups in total. The highest BCUT2D eigenvalue weighted by Gasteiger charge is 2.16. The second-order valence-electron chi connectivity index (χ2n) is 10.1. The zero-order valence-electron chi connectivity index (χ0n) is 25.2. The van der Waals surface area contributed by atoms with Crippen LogP contribution in [-0.2, 0) is 11.4 Å². The van der Waals surface area contributed by atoms with Gasteiger partial charge in [0.2, 0.25) is 0 Å². The number of anilines is 1. The Bertz CT molecular complexity index is 1860. The number of halogens is 2. The summed E-state index contributed by atoms with van der Waals surface area (Å²) in [5.41, 5.74) is 6.31. The maximum Gasteiger partial charge on any atom is 0.307 e. The molecule has 0 bridgehead atoms. The molecule has 0 aliphatic carbocycles. The second kappa shape index (κ2) is 14.5. The number of ether oxygens (including phenoxy) is 3. The van der Waals surface area contributed by atoms with Gasteiger partial charge >= 0.3 is 5.91 Å². The molecule has 0 aliphatic heterocycles. The SMILES string of the molecule is COc1cc(Cl)cc(C=NNC(=O)c2ccc(COc3ccc(-n4c(C)ccc4C)cc3)o2)c1OCC(=O)Nc1cccc(F)c1. The van der Waals surface area contributed by atoms with Gasteiger partial charge in [0.1, 0.15) is 23.9 Å². The van der Waals surface area contributed by atoms with Crippen molar-refractivity contribution in [2.75, 3.05) is 19.0 Å². The molecule has 2 heterocycles. The molecule has 2 amide bonds. The first-order valence-electron chi connectivity index (χ1n) is 14.1. The van der Waals surface area contributed by atoms with E-state index in [1.54, 1.807) is 12.1 Å². The maximum atomic E-state index is 13.4. The van der Waals surface area contributed by atoms with Crippen molar-refractivity contribution in [3.8, 4) is 22.9 Å². The van der Waals surface area contributed by atoms with Crippen LogP contribution in [0, 0.1) is 19.7 Å². The number of benzene rings is 3. The van der Waals surface area contributed by atoms with Gasteiger partial charge in [0.25, 0.3) is 5.91 Å². The summed E-state index contributed by atoms with van der Waals surface area (Å²) in [6, 6.07) is 23.5. The highest BCUT2D eigenvalue weighted by atomic mass is 35.5. The molecule has 0 unspecified atom stereocenters. The Kier molecular flexibility index (Phi) is 10.0. The predicted octanol–water partition coefficient (Wildman–Crippen LogP) is 6.85. The molecule has 0 atom stereocenters. The van der Waals surface area contributed by atoms with Gasteiger partial charge in [-0.15, -0.1) is 0 Å². The summed E-state index contributed by atoms with van der Waals surface area (Å²) in [7, 11) is 1.41. The lowest BCUT2D eigenvalue weighted by atomic mass is 10.2. The quantitative estimate of drug-likeness (QED) is 0.113. The number of aromatic nitrogens is 1. The minimum Gasteiger partial charge on any atom is -0.493 e. The molecule has 0 aliphatic rings. The number of carbonyl (C=O) groups is 2. The summed E-state index contributed by atoms with van der Waals surface area (Å²) >= 11 is 6.22. The summed E-state index contributed by atoms with van der Waals surface area (Å²) in [5, 5.41) is 6.84. The van der Waals surface area contributed by atoms with Crippen LogP contribution in [-0.4, -0.2) is 36.3 Å². The first-order chi connectivity index (χ1) is 22.2. The number of nitrogens with one attached hydrogen (secondary N) is 2. The number of aryl methyl sites for hydroxylation is 2. The van der Waals surface area contributed by atoms with Crippen LogP contribution in [0.3, 0.4) is 0 Å². The fraction of sp³-hybridized carbons (Fsp3) is 0.147. The lowest BCUT2D eigenvalue weighted by molar-refractivity contribution is -0.118. The third-order valence-electron chi connectivity index (χ3n) is 6.73. The van der Waals surface area contributed by atoms with Crippen molar-refractivity contribution in [2.45, 2.75) is 20.5 Å². The third-order valence-corrected chi connectivity index (χ3v) is 6.94. The maximum absolute atomic E-state index is 13.4. The number of rotatable bonds is 12. The molecule has 5 rings (SSSR count). The average Bonchev–Trinajstić information content (AvgIpc) is 3.65. The molecule has 2 aromatic heterocycles. The summed E-state index contributed by atoms with van der Waals surface area (Å²) in [4.78, 5) is 25.1. The molecule has 0 radical (unpaired) electrons. The average molecular weight is 645 g/mol. The van der Waals surface area contributed by atoms with E-state index < -0.39 is 24.2 Å². The number of hydrazone groups is 1. The summed E-state index contributed by atoms with van der Waals surface area (Å²) in [6.45, 7) is 3.80. The molecule has 0 saturated carbocycles. The minimum absolute atomic E-state index is 0.0267. The molecule has 0 saturated heterocycles. The zero-order valence-corrected chi connectivity index (χ0v) is 25.9. The molecule has 0 fully saturated rings. The zero-order chi connectivity index (χ0) is 32.6. The van der Waals surface area contributed by atoms with Gasteiger partial charge < -0.3 is 28.5 Å². The van der Waals surface area contributed by atoms with Gasteiger partial charge in [-0.25, -0.2) is 9.82 Å². The van der Waals surface area contributed by atoms with Crippen molar-refractivity contribution in [1.82, 2.24) is 9.99 Å². The summed E-state index contributed by atoms with van der Waals surface area (Å²) in [6.07, 6.45) is 1.29. The van der Waals surface area contributed by atoms with Crippen LogP contribution in [0.1, 0.15) is 33.3 Å². The Labute approximate surface area is 269 Å². The highest BCUT2D eigenvalue weighted by molar-refractivity contribution is 6.31. The van der Waals surface area contributed by atoms with E-state index in [4.69, 9.17) is 30.2 Å². The van der Waals surface area contributed by atoms with Crippen LogP contribution in [0.15, 0.2) is 94.4 Å². The molecule has 5 aromatic rings. The summed E-state index contributed by atoms with van der Waals surface area (Å²) < 4.78 is 38.1. The molecule has 12 heteroatoms. The Morgan fingerprint density at radius 1 is 0.978 bits per heavy atom. The van der Waals surface area contributed by atoms with Crippen molar-refractivity contribution in [2.24, 2.45) is 5.10 Å². The van der Waals surface area contributed by atoms with E-state index in [0.29, 0.717) is 22.1 Å². The number of methoxy groups -OCH3 is 1. The van der Waals surface area contributed by atoms with Gasteiger partial charge in [0.15, 0.2) is 23.9 Å². The number of carbonyl (C=O) groups excluding carboxylic acids is 2. The lowest BCUT2D eigenvalue weighted by Crippen LogP contribution is -2.21. The van der Waals surface area contributed by atoms with Gasteiger partial charge in [-0.1, -0.05) is 17.7 Å². The minimum atomic E-state index is -0.602. The Morgan fingerprint density at radius 3 is 2.46 bits per heavy atom. The standard InChI is InChI=1S/C34H30ClFN4O6/c1-21-7-8-22(2)40(21)27-9-11-28(12-10-27)44-19-29-13-14-30(46-29)34(42)39-37-18-23-15-24(35)16-31(43-3)33(23)45-20-32(41)38-26-6-4-5-25(36)17-26/h4-18H,19-20H2,1-3H3,(H,38,41)(H,39,42). The van der Waals surface area contributed by atoms with Crippen molar-refractivity contribution < 1.29 is 32.6 Å². The van der Waals surface area contributed by atoms with Gasteiger partial charge in [0.05, 0.1) is 13.3 Å². The van der Waals surface area contributed by atoms with Crippen molar-refractivity contribution in [3.05, 3.63) is 124 Å². The molecule has 0 spiro atoms. The Morgan fingerprint density at radius 2 is 1.74 bits per heavy atom. The van der Waals surface area contributed by atoms with Crippen LogP contribution in [0.4, 0.5) is 10.1 Å². The molecule has 10 nitrogen and oxygen atoms in total. The van der Waals surface area contributed by atoms with Crippen molar-refractivity contribution >= 4 is 35.3 Å². The predicted molar refractivity (Wildman–Crippen MR) is 172 cm³/mol. The van der Waals surface area contributed by atoms with Crippen molar-refractivity contribution in [3.63, 3.8) is 0 Å². The van der Waals surface area contributed by atoms with Crippen molar-refractivity contribution in [1.29, 1.82) is 0 Å². The molecule has 46 heavy (non-hydrogen) atoms. The lowest BCUT2D eigenvalue weighted by Gasteiger charge is -2.14. The second-order valence-corrected chi connectivity index (χ2v) is 10.5. The number of hydrogen-bond donors (Lipinski definition) is 2. The van der Waals surface area contributed by atoms with Crippen LogP contribution in [0.25, 0.3) is 5.69 Å². The Hall–Kier alpha value is -5.55. The van der Waals surface area contributed by atoms with Crippen LogP contribution in [0.5, 0.6) is 17.2 Å². The van der Waals surface area contributed by atoms with E-state index >= 15 is 0 Å². The number of amides is 2.